The molecule has 34 heavy (non-hydrogen) atoms. The molecule has 2 amide bonds. The molecule has 11 heteroatoms. The van der Waals surface area contributed by atoms with E-state index in [1.54, 1.807) is 36.4 Å². The topological polar surface area (TPSA) is 134 Å². The molecule has 172 valence electrons. The Morgan fingerprint density at radius 3 is 2.53 bits per heavy atom. The van der Waals surface area contributed by atoms with E-state index in [1.807, 2.05) is 0 Å². The fraction of sp³-hybridized carbons (Fsp3) is 0.174. The van der Waals surface area contributed by atoms with Crippen LogP contribution in [0, 0.1) is 5.82 Å². The van der Waals surface area contributed by atoms with Crippen LogP contribution in [0.1, 0.15) is 23.7 Å². The van der Waals surface area contributed by atoms with E-state index < -0.39 is 23.2 Å². The molecule has 0 spiro atoms. The number of aromatic nitrogens is 2. The van der Waals surface area contributed by atoms with Gasteiger partial charge in [-0.1, -0.05) is 0 Å². The third kappa shape index (κ3) is 3.87. The number of carbonyl (C=O) groups is 3. The molecule has 4 N–H and O–H groups in total. The van der Waals surface area contributed by atoms with Crippen LogP contribution < -0.4 is 26.0 Å². The molecule has 8 bridgehead atoms. The first-order chi connectivity index (χ1) is 16.3. The van der Waals surface area contributed by atoms with Gasteiger partial charge in [0.15, 0.2) is 17.4 Å². The van der Waals surface area contributed by atoms with Crippen molar-refractivity contribution in [1.82, 2.24) is 15.3 Å². The lowest BCUT2D eigenvalue weighted by Gasteiger charge is -2.33. The maximum atomic E-state index is 14.4. The van der Waals surface area contributed by atoms with Gasteiger partial charge in [0, 0.05) is 29.9 Å². The maximum absolute atomic E-state index is 14.4. The van der Waals surface area contributed by atoms with Crippen LogP contribution in [0.15, 0.2) is 48.7 Å². The molecule has 1 aromatic heterocycles. The van der Waals surface area contributed by atoms with E-state index in [2.05, 4.69) is 31.2 Å². The van der Waals surface area contributed by atoms with E-state index in [0.717, 1.165) is 6.20 Å². The van der Waals surface area contributed by atoms with Gasteiger partial charge < -0.3 is 26.0 Å². The van der Waals surface area contributed by atoms with Crippen molar-refractivity contribution in [2.45, 2.75) is 18.9 Å². The number of amides is 2. The summed E-state index contributed by atoms with van der Waals surface area (Å²) >= 11 is 0. The molecule has 0 saturated carbocycles. The van der Waals surface area contributed by atoms with Crippen LogP contribution in [-0.2, 0) is 9.59 Å². The predicted octanol–water partition coefficient (Wildman–Crippen LogP) is 2.90. The third-order valence-electron chi connectivity index (χ3n) is 5.52. The van der Waals surface area contributed by atoms with E-state index in [9.17, 15) is 18.8 Å². The Labute approximate surface area is 192 Å². The highest BCUT2D eigenvalue weighted by molar-refractivity contribution is 6.15. The van der Waals surface area contributed by atoms with Crippen molar-refractivity contribution in [2.24, 2.45) is 0 Å². The molecule has 3 aromatic rings. The van der Waals surface area contributed by atoms with Crippen LogP contribution in [-0.4, -0.2) is 39.7 Å². The quantitative estimate of drug-likeness (QED) is 0.375. The number of carbonyl (C=O) groups excluding carboxylic acids is 3. The smallest absolute Gasteiger partial charge is 0.278 e. The summed E-state index contributed by atoms with van der Waals surface area (Å²) in [6.45, 7) is 1.38. The normalized spacial score (nSPS) is 19.5. The number of halogens is 1. The van der Waals surface area contributed by atoms with E-state index in [0.29, 0.717) is 22.6 Å². The second-order valence-electron chi connectivity index (χ2n) is 7.95. The molecule has 8 heterocycles. The average molecular weight is 462 g/mol. The Kier molecular flexibility index (Phi) is 5.08. The standard InChI is InChI=1S/C23H19FN6O4/c1-23-20(32)25-9-8-17(31)12-2-4-13(5-3-12)28-22-26-11-15(24)19(30-22)27-14-6-7-18(34-23)16(10-14)29-21(23)33/h2-7,10-11H,8-9H2,1H3,(H,25,32)(H,29,33)(H2,26,27,28,30). The van der Waals surface area contributed by atoms with Gasteiger partial charge >= 0.3 is 0 Å². The van der Waals surface area contributed by atoms with Crippen molar-refractivity contribution in [3.05, 3.63) is 60.0 Å². The summed E-state index contributed by atoms with van der Waals surface area (Å²) in [6, 6.07) is 11.3. The minimum absolute atomic E-state index is 0.0335. The highest BCUT2D eigenvalue weighted by Crippen LogP contribution is 2.36. The van der Waals surface area contributed by atoms with Crippen molar-refractivity contribution in [3.8, 4) is 5.75 Å². The minimum atomic E-state index is -1.83. The van der Waals surface area contributed by atoms with E-state index >= 15 is 0 Å². The number of anilines is 5. The van der Waals surface area contributed by atoms with E-state index in [4.69, 9.17) is 4.74 Å². The molecule has 7 aliphatic heterocycles. The number of ketones is 1. The molecule has 7 aliphatic rings. The van der Waals surface area contributed by atoms with Gasteiger partial charge in [0.2, 0.25) is 5.95 Å². The second kappa shape index (κ2) is 8.10. The number of Topliss-reactive ketones (excluding diaryl/α,β-unsaturated/α-hetero) is 1. The molecule has 10 nitrogen and oxygen atoms in total. The number of ether oxygens (including phenoxy) is 1. The molecule has 1 unspecified atom stereocenters. The summed E-state index contributed by atoms with van der Waals surface area (Å²) in [5.74, 6) is -1.91. The number of nitrogens with one attached hydrogen (secondary N) is 4. The summed E-state index contributed by atoms with van der Waals surface area (Å²) in [7, 11) is 0. The molecule has 0 radical (unpaired) electrons. The van der Waals surface area contributed by atoms with Gasteiger partial charge in [0.05, 0.1) is 11.9 Å². The van der Waals surface area contributed by atoms with Crippen molar-refractivity contribution in [1.29, 1.82) is 0 Å². The molecule has 2 aromatic carbocycles. The number of rotatable bonds is 0. The van der Waals surface area contributed by atoms with Crippen LogP contribution in [0.3, 0.4) is 0 Å². The van der Waals surface area contributed by atoms with Crippen LogP contribution in [0.2, 0.25) is 0 Å². The van der Waals surface area contributed by atoms with Crippen molar-refractivity contribution < 1.29 is 23.5 Å². The van der Waals surface area contributed by atoms with Gasteiger partial charge in [-0.3, -0.25) is 14.4 Å². The number of hydrogen-bond acceptors (Lipinski definition) is 8. The summed E-state index contributed by atoms with van der Waals surface area (Å²) in [5.41, 5.74) is -0.0480. The molecule has 1 atom stereocenters. The molecular weight excluding hydrogens is 443 g/mol. The largest absolute Gasteiger partial charge is 0.466 e. The lowest BCUT2D eigenvalue weighted by Crippen LogP contribution is -2.58. The predicted molar refractivity (Wildman–Crippen MR) is 121 cm³/mol. The van der Waals surface area contributed by atoms with E-state index in [1.165, 1.54) is 13.0 Å². The van der Waals surface area contributed by atoms with Gasteiger partial charge in [-0.15, -0.1) is 0 Å². The average Bonchev–Trinajstić information content (AvgIpc) is 2.82. The maximum Gasteiger partial charge on any atom is 0.278 e. The number of nitrogens with zero attached hydrogens (tertiary/aromatic N) is 2. The Morgan fingerprint density at radius 2 is 1.74 bits per heavy atom. The van der Waals surface area contributed by atoms with Gasteiger partial charge in [-0.05, 0) is 49.4 Å². The fourth-order valence-electron chi connectivity index (χ4n) is 3.57. The van der Waals surface area contributed by atoms with Gasteiger partial charge in [0.1, 0.15) is 5.75 Å². The van der Waals surface area contributed by atoms with Gasteiger partial charge in [-0.25, -0.2) is 9.37 Å². The van der Waals surface area contributed by atoms with Crippen LogP contribution in [0.4, 0.5) is 33.2 Å². The van der Waals surface area contributed by atoms with Gasteiger partial charge in [0.25, 0.3) is 17.4 Å². The third-order valence-corrected chi connectivity index (χ3v) is 5.52. The number of benzene rings is 2. The van der Waals surface area contributed by atoms with Crippen molar-refractivity contribution in [2.75, 3.05) is 22.5 Å². The highest BCUT2D eigenvalue weighted by atomic mass is 19.1. The fourth-order valence-corrected chi connectivity index (χ4v) is 3.57. The Bertz CT molecular complexity index is 1330. The second-order valence-corrected chi connectivity index (χ2v) is 7.95. The summed E-state index contributed by atoms with van der Waals surface area (Å²) in [5, 5.41) is 11.1. The Morgan fingerprint density at radius 1 is 0.971 bits per heavy atom. The van der Waals surface area contributed by atoms with Crippen LogP contribution >= 0.6 is 0 Å². The summed E-state index contributed by atoms with van der Waals surface area (Å²) in [6.07, 6.45) is 1.06. The number of hydrogen-bond donors (Lipinski definition) is 4. The van der Waals surface area contributed by atoms with Crippen LogP contribution in [0.5, 0.6) is 5.75 Å². The monoisotopic (exact) mass is 462 g/mol. The summed E-state index contributed by atoms with van der Waals surface area (Å²) in [4.78, 5) is 46.1. The van der Waals surface area contributed by atoms with Crippen molar-refractivity contribution in [3.63, 3.8) is 0 Å². The van der Waals surface area contributed by atoms with Crippen molar-refractivity contribution >= 4 is 46.4 Å². The molecule has 10 rings (SSSR count). The zero-order valence-corrected chi connectivity index (χ0v) is 17.9. The lowest BCUT2D eigenvalue weighted by molar-refractivity contribution is -0.146. The Balaban J connectivity index is 1.54. The highest BCUT2D eigenvalue weighted by Gasteiger charge is 2.47. The zero-order chi connectivity index (χ0) is 23.9. The first-order valence-corrected chi connectivity index (χ1v) is 10.4. The molecule has 0 aliphatic carbocycles. The minimum Gasteiger partial charge on any atom is -0.466 e. The lowest BCUT2D eigenvalue weighted by atomic mass is 10.0. The summed E-state index contributed by atoms with van der Waals surface area (Å²) < 4.78 is 20.1. The van der Waals surface area contributed by atoms with Gasteiger partial charge in [-0.2, -0.15) is 4.98 Å². The first kappa shape index (κ1) is 21.3. The first-order valence-electron chi connectivity index (χ1n) is 10.4. The van der Waals surface area contributed by atoms with E-state index in [-0.39, 0.29) is 36.3 Å². The van der Waals surface area contributed by atoms with Crippen LogP contribution in [0.25, 0.3) is 0 Å². The SMILES string of the molecule is CC12Oc3ccc(cc3NC1=O)Nc1nc(ncc1F)Nc1ccc(cc1)C(=O)CCNC2=O. The zero-order valence-electron chi connectivity index (χ0n) is 17.9. The molecular formula is C23H19FN6O4. The molecule has 0 saturated heterocycles. The Hall–Kier alpha value is -4.54. The molecule has 0 fully saturated rings.